The van der Waals surface area contributed by atoms with E-state index in [-0.39, 0.29) is 0 Å². The van der Waals surface area contributed by atoms with Gasteiger partial charge in [0.25, 0.3) is 0 Å². The van der Waals surface area contributed by atoms with Gasteiger partial charge in [-0.2, -0.15) is 0 Å². The third-order valence-electron chi connectivity index (χ3n) is 3.60. The zero-order chi connectivity index (χ0) is 18.7. The van der Waals surface area contributed by atoms with E-state index in [0.29, 0.717) is 43.0 Å². The lowest BCUT2D eigenvalue weighted by molar-refractivity contribution is 0.293. The second-order valence-corrected chi connectivity index (χ2v) is 7.22. The Morgan fingerprint density at radius 1 is 1.15 bits per heavy atom. The first-order chi connectivity index (χ1) is 12.5. The van der Waals surface area contributed by atoms with Crippen LogP contribution in [0.4, 0.5) is 0 Å². The van der Waals surface area contributed by atoms with Crippen LogP contribution < -0.4 is 9.47 Å². The Balaban J connectivity index is 1.96. The molecule has 0 amide bonds. The highest BCUT2D eigenvalue weighted by Gasteiger charge is 2.16. The molecular formula is C18H13BrCl2N2O2S. The lowest BCUT2D eigenvalue weighted by Gasteiger charge is -2.13. The summed E-state index contributed by atoms with van der Waals surface area (Å²) in [5.41, 5.74) is 2.20. The molecule has 8 heteroatoms. The number of benzene rings is 2. The van der Waals surface area contributed by atoms with Crippen molar-refractivity contribution in [3.05, 3.63) is 67.3 Å². The molecule has 134 valence electrons. The molecule has 0 unspecified atom stereocenters. The Bertz CT molecular complexity index is 993. The summed E-state index contributed by atoms with van der Waals surface area (Å²) < 4.78 is 12.0. The molecule has 0 aliphatic rings. The SMILES string of the molecule is COc1ccc(COc2nc(Br)c(=S)[nH]c2-c2cccc(Cl)c2Cl)cc1. The summed E-state index contributed by atoms with van der Waals surface area (Å²) in [4.78, 5) is 7.50. The van der Waals surface area contributed by atoms with Crippen LogP contribution in [0.5, 0.6) is 11.6 Å². The number of hydrogen-bond acceptors (Lipinski definition) is 4. The summed E-state index contributed by atoms with van der Waals surface area (Å²) in [5, 5.41) is 0.839. The normalized spacial score (nSPS) is 10.6. The highest BCUT2D eigenvalue weighted by atomic mass is 79.9. The van der Waals surface area contributed by atoms with Crippen molar-refractivity contribution in [3.63, 3.8) is 0 Å². The van der Waals surface area contributed by atoms with Crippen molar-refractivity contribution in [2.24, 2.45) is 0 Å². The third-order valence-corrected chi connectivity index (χ3v) is 5.55. The van der Waals surface area contributed by atoms with E-state index in [1.807, 2.05) is 30.3 Å². The molecule has 0 saturated heterocycles. The number of aromatic nitrogens is 2. The van der Waals surface area contributed by atoms with Crippen molar-refractivity contribution in [3.8, 4) is 22.9 Å². The summed E-state index contributed by atoms with van der Waals surface area (Å²) in [5.74, 6) is 1.15. The molecule has 26 heavy (non-hydrogen) atoms. The van der Waals surface area contributed by atoms with Crippen molar-refractivity contribution in [2.75, 3.05) is 7.11 Å². The van der Waals surface area contributed by atoms with Crippen LogP contribution in [0.1, 0.15) is 5.56 Å². The quantitative estimate of drug-likeness (QED) is 0.433. The van der Waals surface area contributed by atoms with Gasteiger partial charge in [0, 0.05) is 5.56 Å². The largest absolute Gasteiger partial charge is 0.497 e. The van der Waals surface area contributed by atoms with E-state index in [0.717, 1.165) is 11.3 Å². The molecule has 1 aromatic heterocycles. The summed E-state index contributed by atoms with van der Waals surface area (Å²) in [6.45, 7) is 0.319. The molecular weight excluding hydrogens is 459 g/mol. The molecule has 1 N–H and O–H groups in total. The summed E-state index contributed by atoms with van der Waals surface area (Å²) in [7, 11) is 1.63. The minimum absolute atomic E-state index is 0.319. The van der Waals surface area contributed by atoms with Crippen LogP contribution in [0, 0.1) is 4.64 Å². The van der Waals surface area contributed by atoms with Gasteiger partial charge in [-0.05, 0) is 39.7 Å². The highest BCUT2D eigenvalue weighted by molar-refractivity contribution is 9.10. The van der Waals surface area contributed by atoms with Crippen LogP contribution in [0.2, 0.25) is 10.0 Å². The van der Waals surface area contributed by atoms with Gasteiger partial charge in [0.1, 0.15) is 27.3 Å². The summed E-state index contributed by atoms with van der Waals surface area (Å²) in [6, 6.07) is 12.9. The predicted octanol–water partition coefficient (Wildman–Crippen LogP) is 6.46. The average molecular weight is 472 g/mol. The number of nitrogens with zero attached hydrogens (tertiary/aromatic N) is 1. The van der Waals surface area contributed by atoms with Gasteiger partial charge >= 0.3 is 0 Å². The standard InChI is InChI=1S/C18H13BrCl2N2O2S/c1-24-11-7-5-10(6-8-11)9-25-17-15(22-18(26)16(19)23-17)12-3-2-4-13(20)14(12)21/h2-8H,9H2,1H3,(H,22,26). The molecule has 0 spiro atoms. The van der Waals surface area contributed by atoms with Crippen molar-refractivity contribution < 1.29 is 9.47 Å². The number of nitrogens with one attached hydrogen (secondary N) is 1. The molecule has 4 nitrogen and oxygen atoms in total. The van der Waals surface area contributed by atoms with Crippen molar-refractivity contribution >= 4 is 51.3 Å². The highest BCUT2D eigenvalue weighted by Crippen LogP contribution is 2.37. The van der Waals surface area contributed by atoms with Gasteiger partial charge in [-0.1, -0.05) is 59.7 Å². The minimum atomic E-state index is 0.319. The van der Waals surface area contributed by atoms with E-state index < -0.39 is 0 Å². The maximum atomic E-state index is 6.35. The number of hydrogen-bond donors (Lipinski definition) is 1. The Morgan fingerprint density at radius 2 is 1.88 bits per heavy atom. The number of rotatable bonds is 5. The van der Waals surface area contributed by atoms with Crippen molar-refractivity contribution in [2.45, 2.75) is 6.61 Å². The zero-order valence-electron chi connectivity index (χ0n) is 13.6. The maximum absolute atomic E-state index is 6.35. The van der Waals surface area contributed by atoms with Crippen LogP contribution in [0.15, 0.2) is 47.1 Å². The molecule has 0 aliphatic heterocycles. The van der Waals surface area contributed by atoms with Gasteiger partial charge in [0.05, 0.1) is 17.2 Å². The van der Waals surface area contributed by atoms with E-state index in [9.17, 15) is 0 Å². The first-order valence-electron chi connectivity index (χ1n) is 7.49. The van der Waals surface area contributed by atoms with Crippen LogP contribution in [-0.2, 0) is 6.61 Å². The molecule has 0 radical (unpaired) electrons. The van der Waals surface area contributed by atoms with Crippen LogP contribution in [-0.4, -0.2) is 17.1 Å². The van der Waals surface area contributed by atoms with Gasteiger partial charge in [-0.3, -0.25) is 0 Å². The third kappa shape index (κ3) is 4.20. The fourth-order valence-corrected chi connectivity index (χ4v) is 3.07. The molecule has 1 heterocycles. The molecule has 3 rings (SSSR count). The van der Waals surface area contributed by atoms with Crippen LogP contribution >= 0.6 is 51.3 Å². The lowest BCUT2D eigenvalue weighted by Crippen LogP contribution is -2.02. The summed E-state index contributed by atoms with van der Waals surface area (Å²) >= 11 is 21.1. The number of aromatic amines is 1. The topological polar surface area (TPSA) is 47.1 Å². The van der Waals surface area contributed by atoms with Gasteiger partial charge < -0.3 is 14.5 Å². The molecule has 3 aromatic rings. The van der Waals surface area contributed by atoms with Gasteiger partial charge in [-0.15, -0.1) is 0 Å². The Labute approximate surface area is 174 Å². The first-order valence-corrected chi connectivity index (χ1v) is 9.45. The number of methoxy groups -OCH3 is 1. The van der Waals surface area contributed by atoms with Crippen molar-refractivity contribution in [1.29, 1.82) is 0 Å². The first kappa shape index (κ1) is 19.2. The lowest BCUT2D eigenvalue weighted by atomic mass is 10.1. The zero-order valence-corrected chi connectivity index (χ0v) is 17.5. The van der Waals surface area contributed by atoms with E-state index in [1.54, 1.807) is 19.2 Å². The number of ether oxygens (including phenoxy) is 2. The fourth-order valence-electron chi connectivity index (χ4n) is 2.27. The molecule has 2 aromatic carbocycles. The molecule has 0 saturated carbocycles. The number of H-pyrrole nitrogens is 1. The van der Waals surface area contributed by atoms with Crippen LogP contribution in [0.3, 0.4) is 0 Å². The van der Waals surface area contributed by atoms with Gasteiger partial charge in [0.15, 0.2) is 0 Å². The second kappa shape index (κ2) is 8.39. The maximum Gasteiger partial charge on any atom is 0.239 e. The monoisotopic (exact) mass is 470 g/mol. The Morgan fingerprint density at radius 3 is 2.58 bits per heavy atom. The van der Waals surface area contributed by atoms with E-state index in [1.165, 1.54) is 0 Å². The van der Waals surface area contributed by atoms with Gasteiger partial charge in [-0.25, -0.2) is 4.98 Å². The average Bonchev–Trinajstić information content (AvgIpc) is 2.65. The minimum Gasteiger partial charge on any atom is -0.497 e. The Hall–Kier alpha value is -1.60. The van der Waals surface area contributed by atoms with Gasteiger partial charge in [0.2, 0.25) is 5.88 Å². The second-order valence-electron chi connectivity index (χ2n) is 5.28. The van der Waals surface area contributed by atoms with E-state index >= 15 is 0 Å². The smallest absolute Gasteiger partial charge is 0.239 e. The van der Waals surface area contributed by atoms with E-state index in [2.05, 4.69) is 25.9 Å². The summed E-state index contributed by atoms with van der Waals surface area (Å²) in [6.07, 6.45) is 0. The predicted molar refractivity (Wildman–Crippen MR) is 110 cm³/mol. The van der Waals surface area contributed by atoms with E-state index in [4.69, 9.17) is 44.9 Å². The number of halogens is 3. The molecule has 0 aliphatic carbocycles. The fraction of sp³-hybridized carbons (Fsp3) is 0.111. The molecule has 0 bridgehead atoms. The molecule has 0 atom stereocenters. The van der Waals surface area contributed by atoms with Crippen molar-refractivity contribution in [1.82, 2.24) is 9.97 Å². The van der Waals surface area contributed by atoms with Crippen LogP contribution in [0.25, 0.3) is 11.3 Å². The Kier molecular flexibility index (Phi) is 6.19. The molecule has 0 fully saturated rings.